The number of rotatable bonds is 3. The zero-order valence-corrected chi connectivity index (χ0v) is 12.0. The summed E-state index contributed by atoms with van der Waals surface area (Å²) in [5, 5.41) is 0.247. The van der Waals surface area contributed by atoms with Gasteiger partial charge in [-0.25, -0.2) is 8.78 Å². The molecule has 0 atom stereocenters. The predicted octanol–water partition coefficient (Wildman–Crippen LogP) is 3.47. The number of carbonyl (C=O) groups is 1. The molecule has 1 amide bonds. The van der Waals surface area contributed by atoms with Crippen LogP contribution in [-0.4, -0.2) is 17.9 Å². The van der Waals surface area contributed by atoms with Gasteiger partial charge in [-0.3, -0.25) is 4.79 Å². The van der Waals surface area contributed by atoms with Crippen molar-refractivity contribution < 1.29 is 13.6 Å². The van der Waals surface area contributed by atoms with Crippen molar-refractivity contribution >= 4 is 23.2 Å². The number of nitrogen functional groups attached to an aromatic ring is 1. The Morgan fingerprint density at radius 3 is 2.52 bits per heavy atom. The van der Waals surface area contributed by atoms with Crippen molar-refractivity contribution in [2.75, 3.05) is 12.8 Å². The van der Waals surface area contributed by atoms with E-state index >= 15 is 0 Å². The smallest absolute Gasteiger partial charge is 0.255 e. The summed E-state index contributed by atoms with van der Waals surface area (Å²) in [6.07, 6.45) is 0. The molecule has 0 aromatic heterocycles. The summed E-state index contributed by atoms with van der Waals surface area (Å²) in [6, 6.07) is 8.10. The summed E-state index contributed by atoms with van der Waals surface area (Å²) in [5.41, 5.74) is 6.81. The molecule has 2 aromatic carbocycles. The maximum atomic E-state index is 13.1. The Labute approximate surface area is 125 Å². The number of anilines is 1. The lowest BCUT2D eigenvalue weighted by Crippen LogP contribution is -2.26. The molecule has 21 heavy (non-hydrogen) atoms. The molecule has 6 heteroatoms. The second kappa shape index (κ2) is 6.10. The molecule has 0 unspecified atom stereocenters. The van der Waals surface area contributed by atoms with Gasteiger partial charge in [0.1, 0.15) is 0 Å². The van der Waals surface area contributed by atoms with Crippen LogP contribution in [0.25, 0.3) is 0 Å². The Morgan fingerprint density at radius 1 is 1.19 bits per heavy atom. The largest absolute Gasteiger partial charge is 0.399 e. The zero-order valence-electron chi connectivity index (χ0n) is 11.2. The average Bonchev–Trinajstić information content (AvgIpc) is 2.42. The number of nitrogens with zero attached hydrogens (tertiary/aromatic N) is 1. The monoisotopic (exact) mass is 310 g/mol. The van der Waals surface area contributed by atoms with E-state index in [1.807, 2.05) is 0 Å². The topological polar surface area (TPSA) is 46.3 Å². The van der Waals surface area contributed by atoms with Crippen LogP contribution in [0.4, 0.5) is 14.5 Å². The number of benzene rings is 2. The maximum Gasteiger partial charge on any atom is 0.255 e. The van der Waals surface area contributed by atoms with Crippen LogP contribution in [0.1, 0.15) is 15.9 Å². The molecule has 0 saturated heterocycles. The van der Waals surface area contributed by atoms with Crippen LogP contribution in [0.2, 0.25) is 5.02 Å². The molecule has 0 aliphatic rings. The van der Waals surface area contributed by atoms with Gasteiger partial charge in [0.05, 0.1) is 10.6 Å². The zero-order chi connectivity index (χ0) is 15.6. The van der Waals surface area contributed by atoms with Crippen molar-refractivity contribution in [3.63, 3.8) is 0 Å². The third kappa shape index (κ3) is 3.49. The highest BCUT2D eigenvalue weighted by Gasteiger charge is 2.16. The van der Waals surface area contributed by atoms with E-state index < -0.39 is 11.6 Å². The van der Waals surface area contributed by atoms with Gasteiger partial charge in [0.25, 0.3) is 5.91 Å². The first-order valence-corrected chi connectivity index (χ1v) is 6.50. The first kappa shape index (κ1) is 15.3. The standard InChI is InChI=1S/C15H13ClF2N2O/c1-20(8-9-2-5-13(17)14(18)6-9)15(21)11-4-3-10(19)7-12(11)16/h2-7H,8,19H2,1H3. The second-order valence-electron chi connectivity index (χ2n) is 4.65. The first-order chi connectivity index (χ1) is 9.88. The summed E-state index contributed by atoms with van der Waals surface area (Å²) >= 11 is 5.98. The Kier molecular flexibility index (Phi) is 4.43. The van der Waals surface area contributed by atoms with E-state index in [1.54, 1.807) is 13.1 Å². The molecule has 2 rings (SSSR count). The Balaban J connectivity index is 2.17. The average molecular weight is 311 g/mol. The van der Waals surface area contributed by atoms with Crippen LogP contribution in [0, 0.1) is 11.6 Å². The van der Waals surface area contributed by atoms with Crippen molar-refractivity contribution in [2.45, 2.75) is 6.54 Å². The summed E-state index contributed by atoms with van der Waals surface area (Å²) in [6.45, 7) is 0.136. The van der Waals surface area contributed by atoms with E-state index in [0.29, 0.717) is 16.8 Å². The molecule has 2 aromatic rings. The molecule has 0 spiro atoms. The van der Waals surface area contributed by atoms with E-state index in [1.165, 1.54) is 23.1 Å². The van der Waals surface area contributed by atoms with Crippen molar-refractivity contribution in [3.05, 3.63) is 64.2 Å². The summed E-state index contributed by atoms with van der Waals surface area (Å²) in [4.78, 5) is 13.6. The van der Waals surface area contributed by atoms with Gasteiger partial charge in [-0.15, -0.1) is 0 Å². The van der Waals surface area contributed by atoms with E-state index in [2.05, 4.69) is 0 Å². The minimum Gasteiger partial charge on any atom is -0.399 e. The quantitative estimate of drug-likeness (QED) is 0.882. The second-order valence-corrected chi connectivity index (χ2v) is 5.06. The highest BCUT2D eigenvalue weighted by atomic mass is 35.5. The van der Waals surface area contributed by atoms with E-state index in [0.717, 1.165) is 12.1 Å². The number of halogens is 3. The van der Waals surface area contributed by atoms with Crippen molar-refractivity contribution in [2.24, 2.45) is 0 Å². The molecule has 0 saturated carbocycles. The first-order valence-electron chi connectivity index (χ1n) is 6.13. The summed E-state index contributed by atoms with van der Waals surface area (Å²) in [7, 11) is 1.55. The Bertz CT molecular complexity index is 691. The maximum absolute atomic E-state index is 13.1. The van der Waals surface area contributed by atoms with Crippen molar-refractivity contribution in [1.82, 2.24) is 4.90 Å². The molecule has 2 N–H and O–H groups in total. The highest BCUT2D eigenvalue weighted by molar-refractivity contribution is 6.34. The molecule has 0 heterocycles. The number of nitrogens with two attached hydrogens (primary N) is 1. The molecule has 0 aliphatic carbocycles. The SMILES string of the molecule is CN(Cc1ccc(F)c(F)c1)C(=O)c1ccc(N)cc1Cl. The van der Waals surface area contributed by atoms with Gasteiger partial charge in [-0.2, -0.15) is 0 Å². The third-order valence-electron chi connectivity index (χ3n) is 2.97. The van der Waals surface area contributed by atoms with Crippen LogP contribution in [0.15, 0.2) is 36.4 Å². The third-order valence-corrected chi connectivity index (χ3v) is 3.29. The van der Waals surface area contributed by atoms with Gasteiger partial charge < -0.3 is 10.6 Å². The Morgan fingerprint density at radius 2 is 1.90 bits per heavy atom. The minimum atomic E-state index is -0.945. The number of amides is 1. The highest BCUT2D eigenvalue weighted by Crippen LogP contribution is 2.21. The fourth-order valence-electron chi connectivity index (χ4n) is 1.89. The Hall–Kier alpha value is -2.14. The molecular formula is C15H13ClF2N2O. The predicted molar refractivity (Wildman–Crippen MR) is 78.0 cm³/mol. The van der Waals surface area contributed by atoms with Crippen LogP contribution < -0.4 is 5.73 Å². The van der Waals surface area contributed by atoms with E-state index in [-0.39, 0.29) is 17.5 Å². The van der Waals surface area contributed by atoms with Crippen molar-refractivity contribution in [1.29, 1.82) is 0 Å². The lowest BCUT2D eigenvalue weighted by molar-refractivity contribution is 0.0785. The number of hydrogen-bond acceptors (Lipinski definition) is 2. The molecule has 0 aliphatic heterocycles. The van der Waals surface area contributed by atoms with Crippen LogP contribution in [0.5, 0.6) is 0 Å². The summed E-state index contributed by atoms with van der Waals surface area (Å²) in [5.74, 6) is -2.20. The number of carbonyl (C=O) groups excluding carboxylic acids is 1. The lowest BCUT2D eigenvalue weighted by Gasteiger charge is -2.18. The van der Waals surface area contributed by atoms with E-state index in [4.69, 9.17) is 17.3 Å². The van der Waals surface area contributed by atoms with Gasteiger partial charge >= 0.3 is 0 Å². The van der Waals surface area contributed by atoms with Crippen molar-refractivity contribution in [3.8, 4) is 0 Å². The fraction of sp³-hybridized carbons (Fsp3) is 0.133. The molecule has 0 fully saturated rings. The minimum absolute atomic E-state index is 0.136. The van der Waals surface area contributed by atoms with Crippen LogP contribution in [-0.2, 0) is 6.54 Å². The van der Waals surface area contributed by atoms with Crippen LogP contribution in [0.3, 0.4) is 0 Å². The van der Waals surface area contributed by atoms with Gasteiger partial charge in [0.2, 0.25) is 0 Å². The van der Waals surface area contributed by atoms with Gasteiger partial charge in [0, 0.05) is 19.3 Å². The van der Waals surface area contributed by atoms with Gasteiger partial charge in [-0.05, 0) is 35.9 Å². The van der Waals surface area contributed by atoms with Crippen LogP contribution >= 0.6 is 11.6 Å². The molecule has 0 bridgehead atoms. The number of hydrogen-bond donors (Lipinski definition) is 1. The van der Waals surface area contributed by atoms with Gasteiger partial charge in [-0.1, -0.05) is 17.7 Å². The van der Waals surface area contributed by atoms with Gasteiger partial charge in [0.15, 0.2) is 11.6 Å². The summed E-state index contributed by atoms with van der Waals surface area (Å²) < 4.78 is 26.0. The molecule has 0 radical (unpaired) electrons. The fourth-order valence-corrected chi connectivity index (χ4v) is 2.16. The molecule has 110 valence electrons. The molecular weight excluding hydrogens is 298 g/mol. The van der Waals surface area contributed by atoms with E-state index in [9.17, 15) is 13.6 Å². The normalized spacial score (nSPS) is 10.5. The lowest BCUT2D eigenvalue weighted by atomic mass is 10.1. The molecule has 3 nitrogen and oxygen atoms in total.